The monoisotopic (exact) mass is 316 g/mol. The van der Waals surface area contributed by atoms with Gasteiger partial charge in [0.15, 0.2) is 0 Å². The van der Waals surface area contributed by atoms with E-state index in [4.69, 9.17) is 0 Å². The molecule has 0 aromatic heterocycles. The Morgan fingerprint density at radius 2 is 1.17 bits per heavy atom. The van der Waals surface area contributed by atoms with Crippen LogP contribution in [0.3, 0.4) is 0 Å². The number of rotatable bonds is 0. The summed E-state index contributed by atoms with van der Waals surface area (Å²) >= 11 is 2.53. The van der Waals surface area contributed by atoms with Crippen LogP contribution in [-0.4, -0.2) is 0 Å². The van der Waals surface area contributed by atoms with Crippen molar-refractivity contribution in [2.75, 3.05) is 0 Å². The summed E-state index contributed by atoms with van der Waals surface area (Å²) in [6.07, 6.45) is 0. The molecule has 0 aliphatic heterocycles. The van der Waals surface area contributed by atoms with E-state index in [9.17, 15) is 8.78 Å². The fraction of sp³-hybridized carbons (Fsp3) is 0. The largest absolute Gasteiger partial charge is 0.202 e. The zero-order valence-corrected chi connectivity index (χ0v) is 6.83. The SMILES string of the molecule is F/C(I)=C(/F)I. The third-order valence-corrected chi connectivity index (χ3v) is 2.12. The average Bonchev–Trinajstić information content (AvgIpc) is 1.36. The number of halogens is 4. The maximum absolute atomic E-state index is 11.3. The predicted molar refractivity (Wildman–Crippen MR) is 37.3 cm³/mol. The van der Waals surface area contributed by atoms with Crippen molar-refractivity contribution in [3.8, 4) is 0 Å². The van der Waals surface area contributed by atoms with Crippen LogP contribution in [0, 0.1) is 0 Å². The Hall–Kier alpha value is 1.06. The van der Waals surface area contributed by atoms with E-state index in [0.29, 0.717) is 0 Å². The van der Waals surface area contributed by atoms with Crippen molar-refractivity contribution in [1.82, 2.24) is 0 Å². The highest BCUT2D eigenvalue weighted by atomic mass is 127. The first kappa shape index (κ1) is 7.06. The summed E-state index contributed by atoms with van der Waals surface area (Å²) in [4.78, 5) is 0. The van der Waals surface area contributed by atoms with E-state index in [0.717, 1.165) is 0 Å². The van der Waals surface area contributed by atoms with Crippen LogP contribution >= 0.6 is 45.2 Å². The Balaban J connectivity index is 3.68. The van der Waals surface area contributed by atoms with Gasteiger partial charge in [-0.1, -0.05) is 0 Å². The van der Waals surface area contributed by atoms with Crippen molar-refractivity contribution in [3.63, 3.8) is 0 Å². The second kappa shape index (κ2) is 3.11. The second-order valence-electron chi connectivity index (χ2n) is 0.521. The lowest BCUT2D eigenvalue weighted by Gasteiger charge is -1.73. The Morgan fingerprint density at radius 3 is 1.17 bits per heavy atom. The lowest BCUT2D eigenvalue weighted by molar-refractivity contribution is 0.632. The van der Waals surface area contributed by atoms with E-state index >= 15 is 0 Å². The molecule has 0 aliphatic carbocycles. The molecule has 0 radical (unpaired) electrons. The normalized spacial score (nSPS) is 14.0. The van der Waals surface area contributed by atoms with Gasteiger partial charge in [0.25, 0.3) is 0 Å². The van der Waals surface area contributed by atoms with Gasteiger partial charge in [-0.05, 0) is 45.2 Å². The summed E-state index contributed by atoms with van der Waals surface area (Å²) in [7, 11) is 0. The van der Waals surface area contributed by atoms with Crippen molar-refractivity contribution in [2.45, 2.75) is 0 Å². The summed E-state index contributed by atoms with van der Waals surface area (Å²) in [6.45, 7) is 0. The van der Waals surface area contributed by atoms with Gasteiger partial charge in [0.1, 0.15) is 0 Å². The first-order valence-electron chi connectivity index (χ1n) is 1.01. The van der Waals surface area contributed by atoms with Crippen LogP contribution in [0.4, 0.5) is 8.78 Å². The van der Waals surface area contributed by atoms with E-state index in [1.807, 2.05) is 0 Å². The molecule has 0 amide bonds. The molecule has 0 aromatic carbocycles. The van der Waals surface area contributed by atoms with Crippen LogP contribution in [0.2, 0.25) is 0 Å². The molecule has 0 rings (SSSR count). The molecule has 0 aliphatic rings. The minimum absolute atomic E-state index is 0.784. The third-order valence-electron chi connectivity index (χ3n) is 0.143. The quantitative estimate of drug-likeness (QED) is 0.603. The minimum Gasteiger partial charge on any atom is -0.196 e. The Kier molecular flexibility index (Phi) is 3.66. The third kappa shape index (κ3) is 3.26. The van der Waals surface area contributed by atoms with Gasteiger partial charge < -0.3 is 0 Å². The van der Waals surface area contributed by atoms with E-state index in [-0.39, 0.29) is 0 Å². The molecule has 0 atom stereocenters. The highest BCUT2D eigenvalue weighted by molar-refractivity contribution is 14.1. The van der Waals surface area contributed by atoms with Crippen LogP contribution in [-0.2, 0) is 0 Å². The summed E-state index contributed by atoms with van der Waals surface area (Å²) in [6, 6.07) is 0. The molecule has 0 nitrogen and oxygen atoms in total. The first-order chi connectivity index (χ1) is 2.64. The zero-order valence-electron chi connectivity index (χ0n) is 2.51. The van der Waals surface area contributed by atoms with Gasteiger partial charge in [0, 0.05) is 0 Å². The molecule has 0 unspecified atom stereocenters. The molecule has 36 valence electrons. The molecule has 6 heavy (non-hydrogen) atoms. The van der Waals surface area contributed by atoms with Gasteiger partial charge in [0.2, 0.25) is 7.67 Å². The van der Waals surface area contributed by atoms with Crippen molar-refractivity contribution in [3.05, 3.63) is 7.67 Å². The van der Waals surface area contributed by atoms with E-state index < -0.39 is 7.67 Å². The molecule has 4 heteroatoms. The Bertz CT molecular complexity index is 59.6. The highest BCUT2D eigenvalue weighted by Crippen LogP contribution is 2.19. The molecule has 0 bridgehead atoms. The predicted octanol–water partition coefficient (Wildman–Crippen LogP) is 2.92. The standard InChI is InChI=1S/C2F2I2/c3-1(5)2(4)6/b2-1+. The Labute approximate surface area is 61.3 Å². The fourth-order valence-corrected chi connectivity index (χ4v) is 0. The lowest BCUT2D eigenvalue weighted by Crippen LogP contribution is -1.49. The maximum atomic E-state index is 11.3. The summed E-state index contributed by atoms with van der Waals surface area (Å²) < 4.78 is 21.0. The molecule has 0 saturated carbocycles. The summed E-state index contributed by atoms with van der Waals surface area (Å²) in [5, 5.41) is 0. The molecule has 0 spiro atoms. The van der Waals surface area contributed by atoms with Crippen LogP contribution < -0.4 is 0 Å². The van der Waals surface area contributed by atoms with E-state index in [2.05, 4.69) is 0 Å². The minimum atomic E-state index is -0.784. The van der Waals surface area contributed by atoms with Gasteiger partial charge in [-0.2, -0.15) is 8.78 Å². The molecule has 0 fully saturated rings. The smallest absolute Gasteiger partial charge is 0.196 e. The van der Waals surface area contributed by atoms with Crippen LogP contribution in [0.5, 0.6) is 0 Å². The van der Waals surface area contributed by atoms with E-state index in [1.54, 1.807) is 0 Å². The fourth-order valence-electron chi connectivity index (χ4n) is 0. The molecular weight excluding hydrogens is 316 g/mol. The van der Waals surface area contributed by atoms with Crippen LogP contribution in [0.15, 0.2) is 7.67 Å². The molecular formula is C2F2I2. The molecule has 0 N–H and O–H groups in total. The van der Waals surface area contributed by atoms with Gasteiger partial charge in [0.05, 0.1) is 0 Å². The summed E-state index contributed by atoms with van der Waals surface area (Å²) in [5.41, 5.74) is 0. The van der Waals surface area contributed by atoms with Gasteiger partial charge >= 0.3 is 0 Å². The first-order valence-corrected chi connectivity index (χ1v) is 3.16. The van der Waals surface area contributed by atoms with Gasteiger partial charge in [-0.15, -0.1) is 0 Å². The Morgan fingerprint density at radius 1 is 1.00 bits per heavy atom. The van der Waals surface area contributed by atoms with Crippen molar-refractivity contribution < 1.29 is 8.78 Å². The maximum Gasteiger partial charge on any atom is 0.202 e. The van der Waals surface area contributed by atoms with E-state index in [1.165, 1.54) is 45.2 Å². The molecule has 0 aromatic rings. The zero-order chi connectivity index (χ0) is 5.15. The van der Waals surface area contributed by atoms with Crippen molar-refractivity contribution in [2.24, 2.45) is 0 Å². The second-order valence-corrected chi connectivity index (χ2v) is 2.42. The van der Waals surface area contributed by atoms with Crippen LogP contribution in [0.1, 0.15) is 0 Å². The topological polar surface area (TPSA) is 0 Å². The lowest BCUT2D eigenvalue weighted by atomic mass is 11.2. The van der Waals surface area contributed by atoms with Gasteiger partial charge in [-0.25, -0.2) is 0 Å². The van der Waals surface area contributed by atoms with Gasteiger partial charge in [-0.3, -0.25) is 0 Å². The summed E-state index contributed by atoms with van der Waals surface area (Å²) in [5.74, 6) is 0. The average molecular weight is 316 g/mol. The highest BCUT2D eigenvalue weighted by Gasteiger charge is 1.91. The number of hydrogen-bond donors (Lipinski definition) is 0. The number of hydrogen-bond acceptors (Lipinski definition) is 0. The van der Waals surface area contributed by atoms with Crippen LogP contribution in [0.25, 0.3) is 0 Å². The molecule has 0 heterocycles. The van der Waals surface area contributed by atoms with Crippen molar-refractivity contribution in [1.29, 1.82) is 0 Å². The van der Waals surface area contributed by atoms with Crippen molar-refractivity contribution >= 4 is 45.2 Å². The molecule has 0 saturated heterocycles.